The summed E-state index contributed by atoms with van der Waals surface area (Å²) in [5, 5.41) is 10.1. The number of carbonyl (C=O) groups excluding carboxylic acids is 2. The van der Waals surface area contributed by atoms with Gasteiger partial charge in [0.05, 0.1) is 23.8 Å². The van der Waals surface area contributed by atoms with E-state index >= 15 is 0 Å². The maximum Gasteiger partial charge on any atom is 0.321 e. The summed E-state index contributed by atoms with van der Waals surface area (Å²) in [5.74, 6) is -0.993. The van der Waals surface area contributed by atoms with Crippen LogP contribution in [-0.4, -0.2) is 68.6 Å². The molecule has 2 saturated heterocycles. The lowest BCUT2D eigenvalue weighted by Gasteiger charge is -2.44. The van der Waals surface area contributed by atoms with E-state index in [-0.39, 0.29) is 28.7 Å². The Morgan fingerprint density at radius 3 is 2.88 bits per heavy atom. The van der Waals surface area contributed by atoms with Crippen molar-refractivity contribution in [2.75, 3.05) is 25.0 Å². The third-order valence-electron chi connectivity index (χ3n) is 6.95. The van der Waals surface area contributed by atoms with E-state index in [9.17, 15) is 14.0 Å². The highest BCUT2D eigenvalue weighted by molar-refractivity contribution is 6.31. The van der Waals surface area contributed by atoms with E-state index in [4.69, 9.17) is 11.6 Å². The molecule has 170 valence electrons. The molecule has 0 bridgehead atoms. The maximum atomic E-state index is 14.1. The van der Waals surface area contributed by atoms with Gasteiger partial charge in [-0.05, 0) is 51.4 Å². The van der Waals surface area contributed by atoms with Gasteiger partial charge in [0.1, 0.15) is 5.82 Å². The molecular weight excluding hydrogens is 435 g/mol. The molecule has 10 heteroatoms. The third kappa shape index (κ3) is 3.53. The molecule has 3 atom stereocenters. The molecule has 0 aliphatic carbocycles. The van der Waals surface area contributed by atoms with Crippen molar-refractivity contribution in [2.45, 2.75) is 51.4 Å². The second kappa shape index (κ2) is 8.04. The molecule has 8 nitrogen and oxygen atoms in total. The fourth-order valence-electron chi connectivity index (χ4n) is 5.15. The van der Waals surface area contributed by atoms with Gasteiger partial charge in [-0.1, -0.05) is 11.6 Å². The molecule has 4 heterocycles. The monoisotopic (exact) mass is 460 g/mol. The molecule has 3 aliphatic heterocycles. The summed E-state index contributed by atoms with van der Waals surface area (Å²) in [6.45, 7) is 7.13. The normalized spacial score (nSPS) is 25.1. The number of hydrogen-bond acceptors (Lipinski definition) is 4. The number of urea groups is 1. The zero-order valence-electron chi connectivity index (χ0n) is 18.1. The minimum Gasteiger partial charge on any atom is -0.319 e. The molecular formula is C22H26ClFN6O2. The van der Waals surface area contributed by atoms with Crippen molar-refractivity contribution in [2.24, 2.45) is 0 Å². The number of fused-ring (bicyclic) bond motifs is 2. The highest BCUT2D eigenvalue weighted by Gasteiger charge is 2.42. The molecule has 2 fully saturated rings. The largest absolute Gasteiger partial charge is 0.321 e. The number of amides is 3. The average molecular weight is 461 g/mol. The first-order chi connectivity index (χ1) is 15.3. The van der Waals surface area contributed by atoms with Crippen molar-refractivity contribution < 1.29 is 14.0 Å². The fourth-order valence-corrected chi connectivity index (χ4v) is 5.32. The summed E-state index contributed by atoms with van der Waals surface area (Å²) in [5.41, 5.74) is 1.37. The van der Waals surface area contributed by atoms with Crippen LogP contribution in [0.25, 0.3) is 0 Å². The van der Waals surface area contributed by atoms with Crippen molar-refractivity contribution in [3.05, 3.63) is 45.9 Å². The van der Waals surface area contributed by atoms with Crippen molar-refractivity contribution >= 4 is 29.4 Å². The SMILES string of the molecule is CC1c2[nH]nc(NC(=O)c3cc(Cl)ccc3F)c2CN1C(=O)N1C[C@@H]2CCCN2C[C@@H]1C. The van der Waals surface area contributed by atoms with Gasteiger partial charge in [0.25, 0.3) is 5.91 Å². The Morgan fingerprint density at radius 2 is 2.06 bits per heavy atom. The smallest absolute Gasteiger partial charge is 0.319 e. The number of aromatic nitrogens is 2. The topological polar surface area (TPSA) is 84.6 Å². The summed E-state index contributed by atoms with van der Waals surface area (Å²) in [7, 11) is 0. The van der Waals surface area contributed by atoms with E-state index < -0.39 is 11.7 Å². The standard InChI is InChI=1S/C22H26ClFN6O2/c1-12-9-28-7-3-4-15(28)10-29(12)22(32)30-11-17-19(13(30)2)26-27-20(17)25-21(31)16-8-14(23)5-6-18(16)24/h5-6,8,12-13,15H,3-4,7,9-11H2,1-2H3,(H2,25,26,27,31)/t12-,13?,15-/m0/s1. The van der Waals surface area contributed by atoms with Crippen LogP contribution in [0.1, 0.15) is 54.3 Å². The third-order valence-corrected chi connectivity index (χ3v) is 7.18. The molecule has 1 aromatic carbocycles. The van der Waals surface area contributed by atoms with Gasteiger partial charge in [0, 0.05) is 35.8 Å². The summed E-state index contributed by atoms with van der Waals surface area (Å²) in [6.07, 6.45) is 2.32. The number of halogens is 2. The Balaban J connectivity index is 1.32. The lowest BCUT2D eigenvalue weighted by molar-refractivity contribution is 0.0580. The van der Waals surface area contributed by atoms with Gasteiger partial charge in [-0.25, -0.2) is 9.18 Å². The minimum absolute atomic E-state index is 0.000637. The van der Waals surface area contributed by atoms with Gasteiger partial charge in [-0.3, -0.25) is 14.8 Å². The average Bonchev–Trinajstić information content (AvgIpc) is 3.46. The minimum atomic E-state index is -0.663. The van der Waals surface area contributed by atoms with E-state index in [2.05, 4.69) is 27.3 Å². The molecule has 0 saturated carbocycles. The predicted molar refractivity (Wildman–Crippen MR) is 118 cm³/mol. The zero-order valence-corrected chi connectivity index (χ0v) is 18.8. The molecule has 0 spiro atoms. The van der Waals surface area contributed by atoms with Crippen molar-refractivity contribution in [1.29, 1.82) is 0 Å². The van der Waals surface area contributed by atoms with Crippen LogP contribution >= 0.6 is 11.6 Å². The second-order valence-electron chi connectivity index (χ2n) is 8.92. The zero-order chi connectivity index (χ0) is 22.6. The second-order valence-corrected chi connectivity index (χ2v) is 9.36. The summed E-state index contributed by atoms with van der Waals surface area (Å²) in [4.78, 5) is 32.3. The number of aromatic amines is 1. The Labute approximate surface area is 190 Å². The molecule has 3 amide bonds. The first kappa shape index (κ1) is 21.2. The van der Waals surface area contributed by atoms with Crippen LogP contribution in [-0.2, 0) is 6.54 Å². The van der Waals surface area contributed by atoms with Crippen LogP contribution in [0.15, 0.2) is 18.2 Å². The van der Waals surface area contributed by atoms with E-state index in [0.717, 1.165) is 43.4 Å². The van der Waals surface area contributed by atoms with Crippen LogP contribution in [0.4, 0.5) is 15.0 Å². The predicted octanol–water partition coefficient (Wildman–Crippen LogP) is 3.62. The summed E-state index contributed by atoms with van der Waals surface area (Å²) >= 11 is 5.91. The number of carbonyl (C=O) groups is 2. The van der Waals surface area contributed by atoms with E-state index in [0.29, 0.717) is 18.4 Å². The van der Waals surface area contributed by atoms with E-state index in [1.54, 1.807) is 4.90 Å². The number of anilines is 1. The quantitative estimate of drug-likeness (QED) is 0.716. The Hall–Kier alpha value is -2.65. The van der Waals surface area contributed by atoms with Crippen LogP contribution in [0.5, 0.6) is 0 Å². The maximum absolute atomic E-state index is 14.1. The lowest BCUT2D eigenvalue weighted by atomic mass is 10.1. The number of nitrogens with zero attached hydrogens (tertiary/aromatic N) is 4. The van der Waals surface area contributed by atoms with Crippen LogP contribution in [0, 0.1) is 5.82 Å². The highest BCUT2D eigenvalue weighted by atomic mass is 35.5. The first-order valence-corrected chi connectivity index (χ1v) is 11.4. The van der Waals surface area contributed by atoms with Crippen LogP contribution in [0.3, 0.4) is 0 Å². The summed E-state index contributed by atoms with van der Waals surface area (Å²) in [6, 6.07) is 4.20. The molecule has 5 rings (SSSR count). The fraction of sp³-hybridized carbons (Fsp3) is 0.500. The molecule has 0 radical (unpaired) electrons. The van der Waals surface area contributed by atoms with Gasteiger partial charge in [-0.2, -0.15) is 5.10 Å². The first-order valence-electron chi connectivity index (χ1n) is 11.0. The van der Waals surface area contributed by atoms with Gasteiger partial charge in [0.2, 0.25) is 0 Å². The molecule has 2 aromatic rings. The number of H-pyrrole nitrogens is 1. The van der Waals surface area contributed by atoms with Gasteiger partial charge < -0.3 is 15.1 Å². The van der Waals surface area contributed by atoms with Gasteiger partial charge >= 0.3 is 6.03 Å². The molecule has 1 unspecified atom stereocenters. The molecule has 32 heavy (non-hydrogen) atoms. The lowest BCUT2D eigenvalue weighted by Crippen LogP contribution is -2.59. The highest BCUT2D eigenvalue weighted by Crippen LogP contribution is 2.37. The number of rotatable bonds is 2. The Bertz CT molecular complexity index is 1070. The number of benzene rings is 1. The van der Waals surface area contributed by atoms with Crippen molar-refractivity contribution in [1.82, 2.24) is 24.9 Å². The van der Waals surface area contributed by atoms with E-state index in [1.165, 1.54) is 18.6 Å². The van der Waals surface area contributed by atoms with Crippen LogP contribution < -0.4 is 5.32 Å². The number of nitrogens with one attached hydrogen (secondary N) is 2. The Kier molecular flexibility index (Phi) is 5.33. The number of hydrogen-bond donors (Lipinski definition) is 2. The molecule has 1 aromatic heterocycles. The van der Waals surface area contributed by atoms with E-state index in [1.807, 2.05) is 11.8 Å². The van der Waals surface area contributed by atoms with Crippen LogP contribution in [0.2, 0.25) is 5.02 Å². The molecule has 2 N–H and O–H groups in total. The van der Waals surface area contributed by atoms with Crippen molar-refractivity contribution in [3.63, 3.8) is 0 Å². The van der Waals surface area contributed by atoms with Gasteiger partial charge in [-0.15, -0.1) is 0 Å². The molecule has 3 aliphatic rings. The Morgan fingerprint density at radius 1 is 1.25 bits per heavy atom. The number of piperazine rings is 1. The van der Waals surface area contributed by atoms with Gasteiger partial charge in [0.15, 0.2) is 5.82 Å². The van der Waals surface area contributed by atoms with Crippen molar-refractivity contribution in [3.8, 4) is 0 Å². The summed E-state index contributed by atoms with van der Waals surface area (Å²) < 4.78 is 14.1.